The minimum absolute atomic E-state index is 0.294. The highest BCUT2D eigenvalue weighted by Gasteiger charge is 2.38. The Labute approximate surface area is 103 Å². The van der Waals surface area contributed by atoms with E-state index in [4.69, 9.17) is 9.16 Å². The van der Waals surface area contributed by atoms with Crippen LogP contribution in [0, 0.1) is 5.92 Å². The van der Waals surface area contributed by atoms with Crippen LogP contribution >= 0.6 is 0 Å². The Bertz CT molecular complexity index is 228. The second-order valence-electron chi connectivity index (χ2n) is 6.75. The number of ether oxygens (including phenoxy) is 1. The van der Waals surface area contributed by atoms with Gasteiger partial charge in [0.15, 0.2) is 8.32 Å². The predicted molar refractivity (Wildman–Crippen MR) is 74.1 cm³/mol. The summed E-state index contributed by atoms with van der Waals surface area (Å²) < 4.78 is 12.1. The SMILES string of the molecule is B[C@@H]1O[C@H](CO[Si](C)(C)C(C)(C)C)C[C@@H]1C. The van der Waals surface area contributed by atoms with Crippen molar-refractivity contribution in [2.45, 2.75) is 64.4 Å². The largest absolute Gasteiger partial charge is 0.414 e. The molecule has 1 aliphatic heterocycles. The van der Waals surface area contributed by atoms with E-state index in [9.17, 15) is 0 Å². The molecule has 4 heteroatoms. The monoisotopic (exact) mass is 242 g/mol. The Morgan fingerprint density at radius 2 is 1.94 bits per heavy atom. The van der Waals surface area contributed by atoms with Crippen molar-refractivity contribution in [3.63, 3.8) is 0 Å². The highest BCUT2D eigenvalue weighted by molar-refractivity contribution is 6.74. The Morgan fingerprint density at radius 1 is 1.38 bits per heavy atom. The molecule has 0 amide bonds. The molecule has 1 heterocycles. The van der Waals surface area contributed by atoms with Gasteiger partial charge in [-0.3, -0.25) is 0 Å². The van der Waals surface area contributed by atoms with Crippen LogP contribution in [0.5, 0.6) is 0 Å². The van der Waals surface area contributed by atoms with Crippen molar-refractivity contribution in [2.24, 2.45) is 5.92 Å². The van der Waals surface area contributed by atoms with Crippen LogP contribution < -0.4 is 0 Å². The molecule has 2 nitrogen and oxygen atoms in total. The molecule has 16 heavy (non-hydrogen) atoms. The highest BCUT2D eigenvalue weighted by Crippen LogP contribution is 2.37. The van der Waals surface area contributed by atoms with Crippen LogP contribution in [-0.4, -0.2) is 34.9 Å². The van der Waals surface area contributed by atoms with E-state index in [2.05, 4.69) is 48.6 Å². The van der Waals surface area contributed by atoms with Crippen molar-refractivity contribution >= 4 is 16.2 Å². The summed E-state index contributed by atoms with van der Waals surface area (Å²) >= 11 is 0. The summed E-state index contributed by atoms with van der Waals surface area (Å²) in [5.41, 5.74) is 0. The predicted octanol–water partition coefficient (Wildman–Crippen LogP) is 2.39. The van der Waals surface area contributed by atoms with Crippen LogP contribution in [0.2, 0.25) is 18.1 Å². The molecule has 0 aromatic heterocycles. The zero-order chi connectivity index (χ0) is 12.6. The zero-order valence-corrected chi connectivity index (χ0v) is 13.0. The molecular weight excluding hydrogens is 215 g/mol. The average molecular weight is 242 g/mol. The molecule has 0 aromatic rings. The summed E-state index contributed by atoms with van der Waals surface area (Å²) in [6.45, 7) is 14.5. The van der Waals surface area contributed by atoms with Gasteiger partial charge in [-0.15, -0.1) is 0 Å². The van der Waals surface area contributed by atoms with Gasteiger partial charge in [-0.1, -0.05) is 27.7 Å². The maximum Gasteiger partial charge on any atom is 0.192 e. The molecule has 0 radical (unpaired) electrons. The van der Waals surface area contributed by atoms with Gasteiger partial charge in [0.25, 0.3) is 0 Å². The molecule has 0 N–H and O–H groups in total. The molecule has 1 rings (SSSR count). The highest BCUT2D eigenvalue weighted by atomic mass is 28.4. The zero-order valence-electron chi connectivity index (χ0n) is 12.0. The molecule has 0 bridgehead atoms. The van der Waals surface area contributed by atoms with Crippen LogP contribution in [-0.2, 0) is 9.16 Å². The lowest BCUT2D eigenvalue weighted by Crippen LogP contribution is -2.42. The van der Waals surface area contributed by atoms with Crippen molar-refractivity contribution in [1.82, 2.24) is 0 Å². The van der Waals surface area contributed by atoms with Gasteiger partial charge in [0.05, 0.1) is 12.7 Å². The lowest BCUT2D eigenvalue weighted by molar-refractivity contribution is 0.0439. The quantitative estimate of drug-likeness (QED) is 0.707. The van der Waals surface area contributed by atoms with Crippen molar-refractivity contribution < 1.29 is 9.16 Å². The van der Waals surface area contributed by atoms with Crippen LogP contribution in [0.25, 0.3) is 0 Å². The third kappa shape index (κ3) is 3.35. The first kappa shape index (κ1) is 14.3. The van der Waals surface area contributed by atoms with Crippen LogP contribution in [0.3, 0.4) is 0 Å². The average Bonchev–Trinajstić information content (AvgIpc) is 2.41. The minimum atomic E-state index is -1.60. The van der Waals surface area contributed by atoms with Gasteiger partial charge in [-0.05, 0) is 30.5 Å². The molecule has 0 aromatic carbocycles. The van der Waals surface area contributed by atoms with E-state index < -0.39 is 8.32 Å². The van der Waals surface area contributed by atoms with E-state index in [-0.39, 0.29) is 0 Å². The molecular formula is C12H27BO2Si. The number of hydrogen-bond acceptors (Lipinski definition) is 2. The topological polar surface area (TPSA) is 18.5 Å². The molecule has 1 saturated heterocycles. The first-order valence-corrected chi connectivity index (χ1v) is 9.34. The summed E-state index contributed by atoms with van der Waals surface area (Å²) in [6.07, 6.45) is 1.47. The second-order valence-corrected chi connectivity index (χ2v) is 11.6. The Kier molecular flexibility index (Phi) is 4.30. The second kappa shape index (κ2) is 4.83. The van der Waals surface area contributed by atoms with Crippen molar-refractivity contribution in [1.29, 1.82) is 0 Å². The van der Waals surface area contributed by atoms with Gasteiger partial charge in [-0.25, -0.2) is 0 Å². The van der Waals surface area contributed by atoms with Gasteiger partial charge in [0, 0.05) is 6.00 Å². The van der Waals surface area contributed by atoms with E-state index in [1.54, 1.807) is 0 Å². The summed E-state index contributed by atoms with van der Waals surface area (Å²) in [6, 6.07) is 0.396. The molecule has 94 valence electrons. The van der Waals surface area contributed by atoms with Crippen LogP contribution in [0.15, 0.2) is 0 Å². The third-order valence-corrected chi connectivity index (χ3v) is 8.78. The molecule has 0 aliphatic carbocycles. The Balaban J connectivity index is 2.41. The van der Waals surface area contributed by atoms with E-state index in [1.807, 2.05) is 0 Å². The maximum absolute atomic E-state index is 6.19. The van der Waals surface area contributed by atoms with Gasteiger partial charge >= 0.3 is 0 Å². The molecule has 0 saturated carbocycles. The van der Waals surface area contributed by atoms with E-state index in [0.717, 1.165) is 13.0 Å². The Morgan fingerprint density at radius 3 is 2.31 bits per heavy atom. The summed E-state index contributed by atoms with van der Waals surface area (Å²) in [5, 5.41) is 0.294. The van der Waals surface area contributed by atoms with Gasteiger partial charge in [-0.2, -0.15) is 0 Å². The molecule has 0 spiro atoms. The summed E-state index contributed by atoms with van der Waals surface area (Å²) in [7, 11) is 0.567. The third-order valence-electron chi connectivity index (χ3n) is 4.28. The fourth-order valence-electron chi connectivity index (χ4n) is 1.72. The number of hydrogen-bond donors (Lipinski definition) is 0. The minimum Gasteiger partial charge on any atom is -0.414 e. The van der Waals surface area contributed by atoms with Crippen molar-refractivity contribution in [3.8, 4) is 0 Å². The molecule has 1 fully saturated rings. The van der Waals surface area contributed by atoms with Gasteiger partial charge < -0.3 is 9.16 Å². The van der Waals surface area contributed by atoms with Gasteiger partial charge in [0.2, 0.25) is 0 Å². The van der Waals surface area contributed by atoms with Crippen LogP contribution in [0.4, 0.5) is 0 Å². The van der Waals surface area contributed by atoms with E-state index >= 15 is 0 Å². The smallest absolute Gasteiger partial charge is 0.192 e. The summed E-state index contributed by atoms with van der Waals surface area (Å²) in [5.74, 6) is 0.674. The first-order valence-electron chi connectivity index (χ1n) is 6.43. The van der Waals surface area contributed by atoms with Crippen LogP contribution in [0.1, 0.15) is 34.1 Å². The summed E-state index contributed by atoms with van der Waals surface area (Å²) in [4.78, 5) is 0. The van der Waals surface area contributed by atoms with E-state index in [1.165, 1.54) is 0 Å². The molecule has 3 atom stereocenters. The lowest BCUT2D eigenvalue weighted by atomic mass is 9.88. The van der Waals surface area contributed by atoms with Crippen molar-refractivity contribution in [3.05, 3.63) is 0 Å². The normalized spacial score (nSPS) is 32.0. The number of rotatable bonds is 3. The fraction of sp³-hybridized carbons (Fsp3) is 1.00. The first-order chi connectivity index (χ1) is 7.13. The fourth-order valence-corrected chi connectivity index (χ4v) is 2.76. The van der Waals surface area contributed by atoms with E-state index in [0.29, 0.717) is 23.1 Å². The van der Waals surface area contributed by atoms with Gasteiger partial charge in [0.1, 0.15) is 7.85 Å². The standard InChI is InChI=1S/C12H27BO2Si/c1-9-7-10(15-11(9)13)8-14-16(5,6)12(2,3)4/h9-11H,7-8,13H2,1-6H3/t9-,10-,11+/m0/s1. The lowest BCUT2D eigenvalue weighted by Gasteiger charge is -2.36. The molecule has 1 aliphatic rings. The van der Waals surface area contributed by atoms with Crippen molar-refractivity contribution in [2.75, 3.05) is 6.61 Å². The molecule has 0 unspecified atom stereocenters. The maximum atomic E-state index is 6.19. The Hall–Kier alpha value is 0.202.